The number of anilines is 1. The maximum Gasteiger partial charge on any atom is 0.344 e. The molecular weight excluding hydrogens is 464 g/mol. The van der Waals surface area contributed by atoms with E-state index in [-0.39, 0.29) is 18.9 Å². The van der Waals surface area contributed by atoms with Crippen LogP contribution in [-0.4, -0.2) is 31.1 Å². The minimum absolute atomic E-state index is 0.0732. The summed E-state index contributed by atoms with van der Waals surface area (Å²) in [6, 6.07) is 10.9. The summed E-state index contributed by atoms with van der Waals surface area (Å²) in [5.74, 6) is -0.664. The van der Waals surface area contributed by atoms with Crippen LogP contribution in [-0.2, 0) is 14.3 Å². The van der Waals surface area contributed by atoms with Crippen molar-refractivity contribution in [2.24, 2.45) is 0 Å². The molecule has 3 amide bonds. The number of halogens is 2. The quantitative estimate of drug-likeness (QED) is 0.382. The van der Waals surface area contributed by atoms with Crippen molar-refractivity contribution >= 4 is 57.2 Å². The molecular formula is C20H16BrClN2O5. The van der Waals surface area contributed by atoms with Crippen molar-refractivity contribution in [1.29, 1.82) is 0 Å². The van der Waals surface area contributed by atoms with Gasteiger partial charge in [0.2, 0.25) is 0 Å². The fourth-order valence-electron chi connectivity index (χ4n) is 2.62. The van der Waals surface area contributed by atoms with Gasteiger partial charge in [-0.25, -0.2) is 14.5 Å². The second-order valence-corrected chi connectivity index (χ2v) is 7.23. The van der Waals surface area contributed by atoms with E-state index in [4.69, 9.17) is 21.1 Å². The van der Waals surface area contributed by atoms with Crippen molar-refractivity contribution in [3.05, 3.63) is 63.2 Å². The van der Waals surface area contributed by atoms with E-state index in [1.165, 1.54) is 6.08 Å². The third kappa shape index (κ3) is 4.96. The molecule has 0 bridgehead atoms. The number of carbonyl (C=O) groups excluding carboxylic acids is 3. The molecule has 0 atom stereocenters. The number of amides is 3. The summed E-state index contributed by atoms with van der Waals surface area (Å²) in [5.41, 5.74) is 0.975. The number of ether oxygens (including phenoxy) is 2. The maximum atomic E-state index is 12.8. The Labute approximate surface area is 180 Å². The lowest BCUT2D eigenvalue weighted by Crippen LogP contribution is -2.30. The highest BCUT2D eigenvalue weighted by Gasteiger charge is 2.35. The van der Waals surface area contributed by atoms with Crippen LogP contribution in [0.5, 0.6) is 5.75 Å². The zero-order valence-corrected chi connectivity index (χ0v) is 17.6. The second-order valence-electron chi connectivity index (χ2n) is 5.88. The first-order valence-electron chi connectivity index (χ1n) is 8.59. The highest BCUT2D eigenvalue weighted by atomic mass is 79.9. The van der Waals surface area contributed by atoms with Gasteiger partial charge in [-0.1, -0.05) is 27.5 Å². The van der Waals surface area contributed by atoms with Crippen molar-refractivity contribution in [2.45, 2.75) is 6.92 Å². The molecule has 0 unspecified atom stereocenters. The summed E-state index contributed by atoms with van der Waals surface area (Å²) in [6.45, 7) is 1.68. The minimum Gasteiger partial charge on any atom is -0.481 e. The summed E-state index contributed by atoms with van der Waals surface area (Å²) in [5, 5.41) is 3.04. The Morgan fingerprint density at radius 2 is 1.93 bits per heavy atom. The molecule has 0 radical (unpaired) electrons. The van der Waals surface area contributed by atoms with Crippen LogP contribution in [0.2, 0.25) is 5.02 Å². The van der Waals surface area contributed by atoms with E-state index in [1.807, 2.05) is 0 Å². The molecule has 2 aromatic carbocycles. The summed E-state index contributed by atoms with van der Waals surface area (Å²) in [7, 11) is 0. The first kappa shape index (κ1) is 20.9. The van der Waals surface area contributed by atoms with Gasteiger partial charge in [0.15, 0.2) is 6.61 Å². The minimum atomic E-state index is -0.576. The fourth-order valence-corrected chi connectivity index (χ4v) is 3.12. The van der Waals surface area contributed by atoms with Crippen LogP contribution in [0, 0.1) is 0 Å². The second kappa shape index (κ2) is 9.11. The molecule has 0 aromatic heterocycles. The highest BCUT2D eigenvalue weighted by molar-refractivity contribution is 9.10. The van der Waals surface area contributed by atoms with E-state index in [0.29, 0.717) is 22.0 Å². The molecule has 1 N–H and O–H groups in total. The zero-order valence-electron chi connectivity index (χ0n) is 15.3. The summed E-state index contributed by atoms with van der Waals surface area (Å²) >= 11 is 9.23. The monoisotopic (exact) mass is 478 g/mol. The van der Waals surface area contributed by atoms with Gasteiger partial charge in [-0.15, -0.1) is 0 Å². The molecule has 1 saturated heterocycles. The van der Waals surface area contributed by atoms with Crippen molar-refractivity contribution in [2.75, 3.05) is 18.1 Å². The van der Waals surface area contributed by atoms with Gasteiger partial charge >= 0.3 is 12.0 Å². The van der Waals surface area contributed by atoms with E-state index < -0.39 is 17.9 Å². The van der Waals surface area contributed by atoms with Gasteiger partial charge in [-0.2, -0.15) is 0 Å². The molecule has 7 nitrogen and oxygen atoms in total. The maximum absolute atomic E-state index is 12.8. The first-order valence-corrected chi connectivity index (χ1v) is 9.77. The topological polar surface area (TPSA) is 84.9 Å². The van der Waals surface area contributed by atoms with Gasteiger partial charge in [0.05, 0.1) is 12.3 Å². The molecule has 1 aliphatic rings. The van der Waals surface area contributed by atoms with Crippen LogP contribution >= 0.6 is 27.5 Å². The Bertz CT molecular complexity index is 991. The van der Waals surface area contributed by atoms with Crippen LogP contribution in [0.25, 0.3) is 6.08 Å². The van der Waals surface area contributed by atoms with Crippen molar-refractivity contribution in [1.82, 2.24) is 5.32 Å². The molecule has 9 heteroatoms. The Balaban J connectivity index is 1.87. The molecule has 0 spiro atoms. The molecule has 29 heavy (non-hydrogen) atoms. The number of urea groups is 1. The lowest BCUT2D eigenvalue weighted by atomic mass is 10.1. The molecule has 1 aliphatic heterocycles. The average molecular weight is 480 g/mol. The third-order valence-electron chi connectivity index (χ3n) is 3.89. The highest BCUT2D eigenvalue weighted by Crippen LogP contribution is 2.28. The molecule has 2 aromatic rings. The Morgan fingerprint density at radius 3 is 2.62 bits per heavy atom. The summed E-state index contributed by atoms with van der Waals surface area (Å²) in [6.07, 6.45) is 1.49. The number of nitrogens with one attached hydrogen (secondary N) is 1. The smallest absolute Gasteiger partial charge is 0.344 e. The van der Waals surface area contributed by atoms with Crippen LogP contribution in [0.4, 0.5) is 10.5 Å². The Morgan fingerprint density at radius 1 is 1.21 bits per heavy atom. The molecule has 3 rings (SSSR count). The predicted octanol–water partition coefficient (Wildman–Crippen LogP) is 4.14. The van der Waals surface area contributed by atoms with Crippen LogP contribution in [0.15, 0.2) is 52.6 Å². The largest absolute Gasteiger partial charge is 0.481 e. The van der Waals surface area contributed by atoms with E-state index in [9.17, 15) is 14.4 Å². The van der Waals surface area contributed by atoms with Crippen LogP contribution in [0.1, 0.15) is 12.5 Å². The Kier molecular flexibility index (Phi) is 6.56. The van der Waals surface area contributed by atoms with Crippen LogP contribution in [0.3, 0.4) is 0 Å². The van der Waals surface area contributed by atoms with Crippen molar-refractivity contribution < 1.29 is 23.9 Å². The third-order valence-corrected chi connectivity index (χ3v) is 4.63. The van der Waals surface area contributed by atoms with Crippen LogP contribution < -0.4 is 15.0 Å². The molecule has 150 valence electrons. The normalized spacial score (nSPS) is 14.9. The first-order chi connectivity index (χ1) is 13.9. The van der Waals surface area contributed by atoms with E-state index in [2.05, 4.69) is 21.2 Å². The molecule has 1 heterocycles. The van der Waals surface area contributed by atoms with E-state index >= 15 is 0 Å². The van der Waals surface area contributed by atoms with Gasteiger partial charge < -0.3 is 14.8 Å². The van der Waals surface area contributed by atoms with E-state index in [0.717, 1.165) is 9.37 Å². The van der Waals surface area contributed by atoms with Gasteiger partial charge in [-0.05, 0) is 55.5 Å². The summed E-state index contributed by atoms with van der Waals surface area (Å²) < 4.78 is 11.1. The zero-order chi connectivity index (χ0) is 21.0. The lowest BCUT2D eigenvalue weighted by Gasteiger charge is -2.11. The molecule has 0 saturated carbocycles. The number of imide groups is 1. The number of hydrogen-bond donors (Lipinski definition) is 1. The van der Waals surface area contributed by atoms with E-state index in [1.54, 1.807) is 49.4 Å². The standard InChI is InChI=1S/C20H16BrClN2O5/c1-2-28-18(25)11-29-17-8-3-13(21)9-12(17)10-16-19(26)24(20(27)23-16)15-6-4-14(22)5-7-15/h3-10H,2,11H2,1H3,(H,23,27)/b16-10+. The number of esters is 1. The number of benzene rings is 2. The number of carbonyl (C=O) groups is 3. The lowest BCUT2D eigenvalue weighted by molar-refractivity contribution is -0.145. The fraction of sp³-hybridized carbons (Fsp3) is 0.150. The SMILES string of the molecule is CCOC(=O)COc1ccc(Br)cc1/C=C1/NC(=O)N(c2ccc(Cl)cc2)C1=O. The van der Waals surface area contributed by atoms with Gasteiger partial charge in [-0.3, -0.25) is 4.79 Å². The molecule has 0 aliphatic carbocycles. The number of hydrogen-bond acceptors (Lipinski definition) is 5. The van der Waals surface area contributed by atoms with Gasteiger partial charge in [0.25, 0.3) is 5.91 Å². The number of nitrogens with zero attached hydrogens (tertiary/aromatic N) is 1. The van der Waals surface area contributed by atoms with Gasteiger partial charge in [0.1, 0.15) is 11.4 Å². The summed E-state index contributed by atoms with van der Waals surface area (Å²) in [4.78, 5) is 37.7. The van der Waals surface area contributed by atoms with Gasteiger partial charge in [0, 0.05) is 15.1 Å². The average Bonchev–Trinajstić information content (AvgIpc) is 2.95. The molecule has 1 fully saturated rings. The number of rotatable bonds is 6. The van der Waals surface area contributed by atoms with Crippen molar-refractivity contribution in [3.8, 4) is 5.75 Å². The van der Waals surface area contributed by atoms with Crippen molar-refractivity contribution in [3.63, 3.8) is 0 Å². The predicted molar refractivity (Wildman–Crippen MR) is 112 cm³/mol. The Hall–Kier alpha value is -2.84.